The molecule has 0 aliphatic rings. The molecule has 0 saturated heterocycles. The van der Waals surface area contributed by atoms with Gasteiger partial charge in [-0.05, 0) is 38.5 Å². The molecular weight excluding hydrogens is 310 g/mol. The number of carbonyl (C=O) groups is 2. The molecule has 7 nitrogen and oxygen atoms in total. The molecule has 1 amide bonds. The second kappa shape index (κ2) is 6.84. The van der Waals surface area contributed by atoms with Crippen molar-refractivity contribution in [3.05, 3.63) is 47.3 Å². The average molecular weight is 331 g/mol. The Morgan fingerprint density at radius 3 is 2.67 bits per heavy atom. The summed E-state index contributed by atoms with van der Waals surface area (Å²) >= 11 is 0. The minimum Gasteiger partial charge on any atom is -0.479 e. The van der Waals surface area contributed by atoms with Gasteiger partial charge in [-0.15, -0.1) is 0 Å². The normalized spacial score (nSPS) is 13.3. The first-order chi connectivity index (χ1) is 11.3. The van der Waals surface area contributed by atoms with Gasteiger partial charge in [0.25, 0.3) is 5.91 Å². The van der Waals surface area contributed by atoms with Gasteiger partial charge in [-0.25, -0.2) is 9.48 Å². The Bertz CT molecular complexity index is 769. The van der Waals surface area contributed by atoms with Gasteiger partial charge in [-0.1, -0.05) is 12.1 Å². The molecule has 2 rings (SSSR count). The van der Waals surface area contributed by atoms with E-state index in [1.165, 1.54) is 20.2 Å². The fourth-order valence-corrected chi connectivity index (χ4v) is 2.41. The maximum absolute atomic E-state index is 12.5. The highest BCUT2D eigenvalue weighted by Crippen LogP contribution is 2.16. The molecule has 0 aliphatic heterocycles. The number of rotatable bonds is 6. The van der Waals surface area contributed by atoms with Crippen LogP contribution in [0.2, 0.25) is 0 Å². The van der Waals surface area contributed by atoms with Crippen LogP contribution < -0.4 is 5.32 Å². The van der Waals surface area contributed by atoms with Crippen molar-refractivity contribution in [2.24, 2.45) is 0 Å². The van der Waals surface area contributed by atoms with Gasteiger partial charge in [0.05, 0.1) is 29.7 Å². The highest BCUT2D eigenvalue weighted by atomic mass is 16.5. The first kappa shape index (κ1) is 17.7. The van der Waals surface area contributed by atoms with Crippen molar-refractivity contribution in [1.29, 1.82) is 0 Å². The molecule has 1 aromatic carbocycles. The van der Waals surface area contributed by atoms with Crippen LogP contribution in [0.4, 0.5) is 0 Å². The molecular formula is C17H21N3O4. The van der Waals surface area contributed by atoms with Crippen LogP contribution in [0.1, 0.15) is 28.5 Å². The molecule has 0 bridgehead atoms. The number of carboxylic acid groups (broad SMARTS) is 1. The van der Waals surface area contributed by atoms with Gasteiger partial charge < -0.3 is 15.2 Å². The molecule has 24 heavy (non-hydrogen) atoms. The summed E-state index contributed by atoms with van der Waals surface area (Å²) in [7, 11) is 1.38. The average Bonchev–Trinajstić information content (AvgIpc) is 2.89. The van der Waals surface area contributed by atoms with Gasteiger partial charge in [0.2, 0.25) is 0 Å². The summed E-state index contributed by atoms with van der Waals surface area (Å²) in [5, 5.41) is 16.1. The Morgan fingerprint density at radius 1 is 1.38 bits per heavy atom. The van der Waals surface area contributed by atoms with E-state index in [2.05, 4.69) is 10.4 Å². The number of carboxylic acids is 1. The lowest BCUT2D eigenvalue weighted by Gasteiger charge is -2.25. The molecule has 2 N–H and O–H groups in total. The van der Waals surface area contributed by atoms with Gasteiger partial charge in [-0.2, -0.15) is 5.10 Å². The van der Waals surface area contributed by atoms with Crippen LogP contribution in [0.25, 0.3) is 5.69 Å². The Kier molecular flexibility index (Phi) is 5.04. The highest BCUT2D eigenvalue weighted by molar-refractivity contribution is 5.98. The van der Waals surface area contributed by atoms with Gasteiger partial charge in [0.15, 0.2) is 5.54 Å². The fraction of sp³-hybridized carbons (Fsp3) is 0.353. The number of nitrogens with zero attached hydrogens (tertiary/aromatic N) is 2. The summed E-state index contributed by atoms with van der Waals surface area (Å²) in [5.74, 6) is -1.67. The number of aromatic nitrogens is 2. The van der Waals surface area contributed by atoms with E-state index in [-0.39, 0.29) is 6.61 Å². The smallest absolute Gasteiger partial charge is 0.331 e. The van der Waals surface area contributed by atoms with Gasteiger partial charge in [0.1, 0.15) is 0 Å². The van der Waals surface area contributed by atoms with Crippen molar-refractivity contribution < 1.29 is 19.4 Å². The molecule has 128 valence electrons. The SMILES string of the molecule is COCC(C)(NC(=O)c1cnn(-c2cccc(C)c2)c1C)C(=O)O. The van der Waals surface area contributed by atoms with Crippen LogP contribution in [0, 0.1) is 13.8 Å². The van der Waals surface area contributed by atoms with Gasteiger partial charge in [-0.3, -0.25) is 4.79 Å². The minimum absolute atomic E-state index is 0.140. The van der Waals surface area contributed by atoms with E-state index in [9.17, 15) is 14.7 Å². The summed E-state index contributed by atoms with van der Waals surface area (Å²) in [6.45, 7) is 4.99. The Morgan fingerprint density at radius 2 is 2.08 bits per heavy atom. The molecule has 0 aliphatic carbocycles. The summed E-state index contributed by atoms with van der Waals surface area (Å²) in [5.41, 5.74) is 1.35. The van der Waals surface area contributed by atoms with E-state index in [1.807, 2.05) is 31.2 Å². The van der Waals surface area contributed by atoms with Crippen molar-refractivity contribution in [1.82, 2.24) is 15.1 Å². The van der Waals surface area contributed by atoms with Crippen molar-refractivity contribution in [2.75, 3.05) is 13.7 Å². The number of amides is 1. The molecule has 1 atom stereocenters. The zero-order valence-electron chi connectivity index (χ0n) is 14.2. The second-order valence-corrected chi connectivity index (χ2v) is 5.92. The Hall–Kier alpha value is -2.67. The topological polar surface area (TPSA) is 93.5 Å². The second-order valence-electron chi connectivity index (χ2n) is 5.92. The van der Waals surface area contributed by atoms with Crippen molar-refractivity contribution in [2.45, 2.75) is 26.3 Å². The van der Waals surface area contributed by atoms with Crippen LogP contribution in [0.15, 0.2) is 30.5 Å². The number of ether oxygens (including phenoxy) is 1. The zero-order valence-corrected chi connectivity index (χ0v) is 14.2. The fourth-order valence-electron chi connectivity index (χ4n) is 2.41. The first-order valence-corrected chi connectivity index (χ1v) is 7.45. The quantitative estimate of drug-likeness (QED) is 0.840. The molecule has 1 heterocycles. The summed E-state index contributed by atoms with van der Waals surface area (Å²) in [4.78, 5) is 23.9. The molecule has 1 aromatic heterocycles. The van der Waals surface area contributed by atoms with Crippen LogP contribution >= 0.6 is 0 Å². The predicted molar refractivity (Wildman–Crippen MR) is 88.4 cm³/mol. The lowest BCUT2D eigenvalue weighted by molar-refractivity contribution is -0.145. The molecule has 2 aromatic rings. The monoisotopic (exact) mass is 331 g/mol. The van der Waals surface area contributed by atoms with Crippen molar-refractivity contribution in [3.8, 4) is 5.69 Å². The number of aliphatic carboxylic acids is 1. The van der Waals surface area contributed by atoms with Crippen LogP contribution in [0.3, 0.4) is 0 Å². The number of carbonyl (C=O) groups excluding carboxylic acids is 1. The third-order valence-corrected chi connectivity index (χ3v) is 3.80. The first-order valence-electron chi connectivity index (χ1n) is 7.45. The summed E-state index contributed by atoms with van der Waals surface area (Å²) < 4.78 is 6.56. The number of benzene rings is 1. The van der Waals surface area contributed by atoms with Gasteiger partial charge in [0, 0.05) is 7.11 Å². The number of hydrogen-bond donors (Lipinski definition) is 2. The van der Waals surface area contributed by atoms with Crippen LogP contribution in [0.5, 0.6) is 0 Å². The Balaban J connectivity index is 2.30. The highest BCUT2D eigenvalue weighted by Gasteiger charge is 2.36. The van der Waals surface area contributed by atoms with E-state index in [4.69, 9.17) is 4.74 Å². The molecule has 0 spiro atoms. The number of nitrogens with one attached hydrogen (secondary N) is 1. The molecule has 7 heteroatoms. The van der Waals surface area contributed by atoms with E-state index in [0.29, 0.717) is 11.3 Å². The maximum Gasteiger partial charge on any atom is 0.331 e. The standard InChI is InChI=1S/C17H21N3O4/c1-11-6-5-7-13(8-11)20-12(2)14(9-18-20)15(21)19-17(3,10-24-4)16(22)23/h5-9H,10H2,1-4H3,(H,19,21)(H,22,23). The number of hydrogen-bond acceptors (Lipinski definition) is 4. The number of aryl methyl sites for hydroxylation is 1. The molecule has 0 fully saturated rings. The largest absolute Gasteiger partial charge is 0.479 e. The lowest BCUT2D eigenvalue weighted by atomic mass is 10.0. The molecule has 0 radical (unpaired) electrons. The van der Waals surface area contributed by atoms with Gasteiger partial charge >= 0.3 is 5.97 Å². The van der Waals surface area contributed by atoms with E-state index in [1.54, 1.807) is 11.6 Å². The third kappa shape index (κ3) is 3.46. The van der Waals surface area contributed by atoms with E-state index in [0.717, 1.165) is 11.3 Å². The summed E-state index contributed by atoms with van der Waals surface area (Å²) in [6, 6.07) is 7.72. The minimum atomic E-state index is -1.51. The third-order valence-electron chi connectivity index (χ3n) is 3.80. The summed E-state index contributed by atoms with van der Waals surface area (Å²) in [6.07, 6.45) is 1.43. The lowest BCUT2D eigenvalue weighted by Crippen LogP contribution is -2.55. The van der Waals surface area contributed by atoms with Crippen molar-refractivity contribution in [3.63, 3.8) is 0 Å². The predicted octanol–water partition coefficient (Wildman–Crippen LogP) is 1.71. The zero-order chi connectivity index (χ0) is 17.9. The van der Waals surface area contributed by atoms with E-state index >= 15 is 0 Å². The molecule has 1 unspecified atom stereocenters. The Labute approximate surface area is 140 Å². The van der Waals surface area contributed by atoms with Crippen LogP contribution in [-0.4, -0.2) is 46.0 Å². The maximum atomic E-state index is 12.5. The van der Waals surface area contributed by atoms with E-state index < -0.39 is 17.4 Å². The number of methoxy groups -OCH3 is 1. The molecule has 0 saturated carbocycles. The van der Waals surface area contributed by atoms with Crippen LogP contribution in [-0.2, 0) is 9.53 Å². The van der Waals surface area contributed by atoms with Crippen molar-refractivity contribution >= 4 is 11.9 Å².